The van der Waals surface area contributed by atoms with E-state index < -0.39 is 4.92 Å². The van der Waals surface area contributed by atoms with Gasteiger partial charge in [-0.15, -0.1) is 0 Å². The average Bonchev–Trinajstić information content (AvgIpc) is 2.48. The SMILES string of the molecule is O=c1c(-c2ccc([N+](=O)[O-])cc2)coc2ccccc12. The smallest absolute Gasteiger partial charge is 0.269 e. The zero-order chi connectivity index (χ0) is 14.1. The largest absolute Gasteiger partial charge is 0.463 e. The highest BCUT2D eigenvalue weighted by atomic mass is 16.6. The summed E-state index contributed by atoms with van der Waals surface area (Å²) in [5, 5.41) is 11.1. The summed E-state index contributed by atoms with van der Waals surface area (Å²) in [6, 6.07) is 12.8. The molecule has 0 unspecified atom stereocenters. The van der Waals surface area contributed by atoms with E-state index in [0.717, 1.165) is 0 Å². The maximum Gasteiger partial charge on any atom is 0.269 e. The van der Waals surface area contributed by atoms with Crippen molar-refractivity contribution in [2.75, 3.05) is 0 Å². The van der Waals surface area contributed by atoms with Crippen LogP contribution in [0.4, 0.5) is 5.69 Å². The quantitative estimate of drug-likeness (QED) is 0.527. The molecule has 0 aliphatic heterocycles. The molecule has 0 atom stereocenters. The van der Waals surface area contributed by atoms with E-state index in [1.807, 2.05) is 0 Å². The van der Waals surface area contributed by atoms with Crippen LogP contribution in [-0.4, -0.2) is 4.92 Å². The molecule has 0 fully saturated rings. The summed E-state index contributed by atoms with van der Waals surface area (Å²) >= 11 is 0. The first-order chi connectivity index (χ1) is 9.66. The van der Waals surface area contributed by atoms with Gasteiger partial charge in [0.1, 0.15) is 11.8 Å². The summed E-state index contributed by atoms with van der Waals surface area (Å²) in [4.78, 5) is 22.5. The van der Waals surface area contributed by atoms with Gasteiger partial charge in [0.25, 0.3) is 5.69 Å². The Labute approximate surface area is 113 Å². The lowest BCUT2D eigenvalue weighted by Crippen LogP contribution is -2.04. The van der Waals surface area contributed by atoms with E-state index in [9.17, 15) is 14.9 Å². The fraction of sp³-hybridized carbons (Fsp3) is 0. The average molecular weight is 267 g/mol. The Hall–Kier alpha value is -2.95. The van der Waals surface area contributed by atoms with Gasteiger partial charge < -0.3 is 4.42 Å². The molecule has 98 valence electrons. The fourth-order valence-electron chi connectivity index (χ4n) is 2.04. The minimum Gasteiger partial charge on any atom is -0.463 e. The van der Waals surface area contributed by atoms with Gasteiger partial charge in [0.15, 0.2) is 5.43 Å². The van der Waals surface area contributed by atoms with E-state index in [4.69, 9.17) is 4.42 Å². The normalized spacial score (nSPS) is 10.6. The molecule has 0 saturated heterocycles. The number of rotatable bonds is 2. The van der Waals surface area contributed by atoms with E-state index in [1.54, 1.807) is 36.4 Å². The molecule has 3 aromatic rings. The lowest BCUT2D eigenvalue weighted by molar-refractivity contribution is -0.384. The molecule has 5 heteroatoms. The summed E-state index contributed by atoms with van der Waals surface area (Å²) in [7, 11) is 0. The predicted octanol–water partition coefficient (Wildman–Crippen LogP) is 3.37. The molecule has 5 nitrogen and oxygen atoms in total. The molecule has 0 spiro atoms. The topological polar surface area (TPSA) is 73.3 Å². The second-order valence-electron chi connectivity index (χ2n) is 4.28. The number of para-hydroxylation sites is 1. The van der Waals surface area contributed by atoms with Gasteiger partial charge in [-0.05, 0) is 29.8 Å². The Kier molecular flexibility index (Phi) is 2.80. The molecule has 0 N–H and O–H groups in total. The van der Waals surface area contributed by atoms with Crippen molar-refractivity contribution in [2.24, 2.45) is 0 Å². The van der Waals surface area contributed by atoms with Crippen LogP contribution in [0.2, 0.25) is 0 Å². The summed E-state index contributed by atoms with van der Waals surface area (Å²) < 4.78 is 5.42. The summed E-state index contributed by atoms with van der Waals surface area (Å²) in [6.45, 7) is 0. The number of nitro benzene ring substituents is 1. The number of nitro groups is 1. The van der Waals surface area contributed by atoms with E-state index in [1.165, 1.54) is 18.4 Å². The minimum atomic E-state index is -0.480. The summed E-state index contributed by atoms with van der Waals surface area (Å²) in [5.41, 5.74) is 1.33. The van der Waals surface area contributed by atoms with Gasteiger partial charge in [0.2, 0.25) is 0 Å². The maximum atomic E-state index is 12.4. The molecule has 20 heavy (non-hydrogen) atoms. The van der Waals surface area contributed by atoms with Crippen LogP contribution in [-0.2, 0) is 0 Å². The molecular weight excluding hydrogens is 258 g/mol. The number of hydrogen-bond donors (Lipinski definition) is 0. The second-order valence-corrected chi connectivity index (χ2v) is 4.28. The molecule has 0 aliphatic carbocycles. The van der Waals surface area contributed by atoms with E-state index in [0.29, 0.717) is 22.1 Å². The molecule has 1 aromatic heterocycles. The Balaban J connectivity index is 2.17. The lowest BCUT2D eigenvalue weighted by atomic mass is 10.1. The van der Waals surface area contributed by atoms with Crippen molar-refractivity contribution in [2.45, 2.75) is 0 Å². The van der Waals surface area contributed by atoms with Gasteiger partial charge in [-0.2, -0.15) is 0 Å². The van der Waals surface area contributed by atoms with Crippen molar-refractivity contribution in [3.8, 4) is 11.1 Å². The molecule has 0 radical (unpaired) electrons. The Morgan fingerprint density at radius 2 is 1.70 bits per heavy atom. The standard InChI is InChI=1S/C15H9NO4/c17-15-12-3-1-2-4-14(12)20-9-13(15)10-5-7-11(8-6-10)16(18)19/h1-9H. The number of non-ortho nitro benzene ring substituents is 1. The van der Waals surface area contributed by atoms with Crippen LogP contribution in [0.15, 0.2) is 64.0 Å². The Morgan fingerprint density at radius 1 is 1.00 bits per heavy atom. The van der Waals surface area contributed by atoms with Crippen LogP contribution < -0.4 is 5.43 Å². The predicted molar refractivity (Wildman–Crippen MR) is 74.6 cm³/mol. The highest BCUT2D eigenvalue weighted by Crippen LogP contribution is 2.22. The monoisotopic (exact) mass is 267 g/mol. The molecule has 0 aliphatic rings. The third kappa shape index (κ3) is 1.95. The van der Waals surface area contributed by atoms with Crippen LogP contribution in [0, 0.1) is 10.1 Å². The molecule has 1 heterocycles. The molecule has 0 bridgehead atoms. The maximum absolute atomic E-state index is 12.4. The lowest BCUT2D eigenvalue weighted by Gasteiger charge is -2.02. The van der Waals surface area contributed by atoms with Gasteiger partial charge in [-0.1, -0.05) is 12.1 Å². The molecule has 3 rings (SSSR count). The van der Waals surface area contributed by atoms with Gasteiger partial charge in [0, 0.05) is 12.1 Å². The van der Waals surface area contributed by atoms with E-state index >= 15 is 0 Å². The fourth-order valence-corrected chi connectivity index (χ4v) is 2.04. The van der Waals surface area contributed by atoms with Crippen molar-refractivity contribution in [1.82, 2.24) is 0 Å². The van der Waals surface area contributed by atoms with Crippen molar-refractivity contribution < 1.29 is 9.34 Å². The third-order valence-corrected chi connectivity index (χ3v) is 3.07. The van der Waals surface area contributed by atoms with Crippen LogP contribution in [0.1, 0.15) is 0 Å². The highest BCUT2D eigenvalue weighted by Gasteiger charge is 2.10. The van der Waals surface area contributed by atoms with Crippen molar-refractivity contribution in [3.63, 3.8) is 0 Å². The summed E-state index contributed by atoms with van der Waals surface area (Å²) in [5.74, 6) is 0. The van der Waals surface area contributed by atoms with Crippen LogP contribution >= 0.6 is 0 Å². The first kappa shape index (κ1) is 12.1. The number of fused-ring (bicyclic) bond motifs is 1. The number of benzene rings is 2. The first-order valence-corrected chi connectivity index (χ1v) is 5.92. The number of hydrogen-bond acceptors (Lipinski definition) is 4. The first-order valence-electron chi connectivity index (χ1n) is 5.92. The van der Waals surface area contributed by atoms with Crippen molar-refractivity contribution in [1.29, 1.82) is 0 Å². The number of nitrogens with zero attached hydrogens (tertiary/aromatic N) is 1. The van der Waals surface area contributed by atoms with Gasteiger partial charge in [0.05, 0.1) is 15.9 Å². The van der Waals surface area contributed by atoms with Crippen molar-refractivity contribution in [3.05, 3.63) is 75.1 Å². The highest BCUT2D eigenvalue weighted by molar-refractivity contribution is 5.81. The minimum absolute atomic E-state index is 0.0149. The Morgan fingerprint density at radius 3 is 2.40 bits per heavy atom. The van der Waals surface area contributed by atoms with E-state index in [2.05, 4.69) is 0 Å². The Bertz CT molecular complexity index is 850. The van der Waals surface area contributed by atoms with Gasteiger partial charge in [-0.25, -0.2) is 0 Å². The van der Waals surface area contributed by atoms with Gasteiger partial charge >= 0.3 is 0 Å². The molecular formula is C15H9NO4. The zero-order valence-corrected chi connectivity index (χ0v) is 10.3. The van der Waals surface area contributed by atoms with Gasteiger partial charge in [-0.3, -0.25) is 14.9 Å². The second kappa shape index (κ2) is 4.62. The van der Waals surface area contributed by atoms with Crippen LogP contribution in [0.25, 0.3) is 22.1 Å². The summed E-state index contributed by atoms with van der Waals surface area (Å²) in [6.07, 6.45) is 1.38. The van der Waals surface area contributed by atoms with Crippen LogP contribution in [0.5, 0.6) is 0 Å². The van der Waals surface area contributed by atoms with E-state index in [-0.39, 0.29) is 11.1 Å². The van der Waals surface area contributed by atoms with Crippen LogP contribution in [0.3, 0.4) is 0 Å². The van der Waals surface area contributed by atoms with Crippen molar-refractivity contribution >= 4 is 16.7 Å². The molecule has 2 aromatic carbocycles. The zero-order valence-electron chi connectivity index (χ0n) is 10.3. The molecule has 0 amide bonds. The molecule has 0 saturated carbocycles. The third-order valence-electron chi connectivity index (χ3n) is 3.07.